The number of nitrogens with zero attached hydrogens (tertiary/aromatic N) is 6. The lowest BCUT2D eigenvalue weighted by molar-refractivity contribution is 0.400. The van der Waals surface area contributed by atoms with Crippen molar-refractivity contribution < 1.29 is 13.2 Å². The molecule has 0 saturated carbocycles. The average molecular weight is 379 g/mol. The fourth-order valence-corrected chi connectivity index (χ4v) is 2.42. The van der Waals surface area contributed by atoms with Gasteiger partial charge in [0.15, 0.2) is 11.6 Å². The zero-order chi connectivity index (χ0) is 19.6. The first kappa shape index (κ1) is 18.6. The van der Waals surface area contributed by atoms with Crippen molar-refractivity contribution in [2.75, 3.05) is 6.54 Å². The fourth-order valence-electron chi connectivity index (χ4n) is 2.42. The first-order chi connectivity index (χ1) is 12.9. The normalized spacial score (nSPS) is 11.0. The Morgan fingerprint density at radius 2 is 2.00 bits per heavy atom. The molecule has 3 aromatic rings. The summed E-state index contributed by atoms with van der Waals surface area (Å²) in [5.41, 5.74) is 5.16. The van der Waals surface area contributed by atoms with Crippen LogP contribution in [-0.4, -0.2) is 35.7 Å². The Morgan fingerprint density at radius 1 is 1.22 bits per heavy atom. The van der Waals surface area contributed by atoms with E-state index in [0.29, 0.717) is 17.7 Å². The van der Waals surface area contributed by atoms with E-state index in [1.54, 1.807) is 17.1 Å². The molecule has 3 rings (SSSR count). The summed E-state index contributed by atoms with van der Waals surface area (Å²) >= 11 is 0. The Kier molecular flexibility index (Phi) is 5.21. The smallest absolute Gasteiger partial charge is 0.327 e. The second-order valence-electron chi connectivity index (χ2n) is 5.62. The van der Waals surface area contributed by atoms with Crippen LogP contribution in [0.25, 0.3) is 16.9 Å². The van der Waals surface area contributed by atoms with Crippen molar-refractivity contribution >= 4 is 0 Å². The molecule has 0 atom stereocenters. The molecule has 142 valence electrons. The van der Waals surface area contributed by atoms with Crippen LogP contribution in [0.1, 0.15) is 6.92 Å². The van der Waals surface area contributed by atoms with E-state index in [2.05, 4.69) is 15.2 Å². The molecule has 3 heterocycles. The number of hydrogen-bond acceptors (Lipinski definition) is 5. The summed E-state index contributed by atoms with van der Waals surface area (Å²) in [6.07, 6.45) is 3.77. The highest BCUT2D eigenvalue weighted by Crippen LogP contribution is 2.21. The van der Waals surface area contributed by atoms with Gasteiger partial charge in [-0.15, -0.1) is 0 Å². The van der Waals surface area contributed by atoms with Crippen LogP contribution in [0.3, 0.4) is 0 Å². The summed E-state index contributed by atoms with van der Waals surface area (Å²) in [6, 6.07) is 1.22. The highest BCUT2D eigenvalue weighted by Gasteiger charge is 2.16. The molecule has 0 fully saturated rings. The van der Waals surface area contributed by atoms with Crippen molar-refractivity contribution in [3.63, 3.8) is 0 Å². The zero-order valence-electron chi connectivity index (χ0n) is 14.3. The van der Waals surface area contributed by atoms with Crippen molar-refractivity contribution in [3.05, 3.63) is 58.9 Å². The maximum Gasteiger partial charge on any atom is 0.351 e. The number of halogens is 3. The van der Waals surface area contributed by atoms with E-state index < -0.39 is 36.3 Å². The number of aromatic nitrogens is 6. The minimum absolute atomic E-state index is 0.281. The standard InChI is InChI=1S/C16H16F3N7O/c1-2-24-7-12(6-22-24)10-3-13(17)15(21-5-10)25-9-23-26(16(25)27)8-11(4-20)14(18)19/h3,5-7,9H,2,4,8,20H2,1H3. The van der Waals surface area contributed by atoms with Crippen molar-refractivity contribution in [3.8, 4) is 16.9 Å². The van der Waals surface area contributed by atoms with Crippen LogP contribution in [0.2, 0.25) is 0 Å². The molecule has 0 aliphatic rings. The van der Waals surface area contributed by atoms with Gasteiger partial charge in [0.25, 0.3) is 6.08 Å². The third-order valence-corrected chi connectivity index (χ3v) is 3.93. The van der Waals surface area contributed by atoms with Crippen molar-refractivity contribution in [2.24, 2.45) is 5.73 Å². The summed E-state index contributed by atoms with van der Waals surface area (Å²) in [6.45, 7) is 1.68. The van der Waals surface area contributed by atoms with E-state index in [4.69, 9.17) is 5.73 Å². The van der Waals surface area contributed by atoms with E-state index in [9.17, 15) is 18.0 Å². The lowest BCUT2D eigenvalue weighted by Crippen LogP contribution is -2.27. The van der Waals surface area contributed by atoms with Gasteiger partial charge in [0.2, 0.25) is 0 Å². The minimum Gasteiger partial charge on any atom is -0.327 e. The molecule has 0 aromatic carbocycles. The summed E-state index contributed by atoms with van der Waals surface area (Å²) in [7, 11) is 0. The lowest BCUT2D eigenvalue weighted by atomic mass is 10.1. The molecule has 0 amide bonds. The van der Waals surface area contributed by atoms with Gasteiger partial charge in [-0.1, -0.05) is 0 Å². The lowest BCUT2D eigenvalue weighted by Gasteiger charge is -2.04. The van der Waals surface area contributed by atoms with Gasteiger partial charge < -0.3 is 5.73 Å². The van der Waals surface area contributed by atoms with E-state index in [1.807, 2.05) is 6.92 Å². The molecule has 0 aliphatic carbocycles. The van der Waals surface area contributed by atoms with Crippen LogP contribution >= 0.6 is 0 Å². The number of rotatable bonds is 6. The molecule has 27 heavy (non-hydrogen) atoms. The van der Waals surface area contributed by atoms with Gasteiger partial charge in [-0.3, -0.25) is 4.68 Å². The first-order valence-corrected chi connectivity index (χ1v) is 8.00. The zero-order valence-corrected chi connectivity index (χ0v) is 14.3. The SMILES string of the molecule is CCn1cc(-c2cnc(-n3cnn(CC(CN)=C(F)F)c3=O)c(F)c2)cn1. The third-order valence-electron chi connectivity index (χ3n) is 3.93. The minimum atomic E-state index is -1.97. The van der Waals surface area contributed by atoms with Crippen LogP contribution in [0.5, 0.6) is 0 Å². The molecule has 0 saturated heterocycles. The topological polar surface area (TPSA) is 96.5 Å². The quantitative estimate of drug-likeness (QED) is 0.701. The highest BCUT2D eigenvalue weighted by molar-refractivity contribution is 5.61. The Balaban J connectivity index is 1.93. The number of hydrogen-bond donors (Lipinski definition) is 1. The van der Waals surface area contributed by atoms with Crippen LogP contribution < -0.4 is 11.4 Å². The first-order valence-electron chi connectivity index (χ1n) is 8.00. The summed E-state index contributed by atoms with van der Waals surface area (Å²) in [5, 5.41) is 7.83. The number of aryl methyl sites for hydroxylation is 1. The molecule has 0 aliphatic heterocycles. The van der Waals surface area contributed by atoms with Crippen LogP contribution in [-0.2, 0) is 13.1 Å². The van der Waals surface area contributed by atoms with Gasteiger partial charge in [0.05, 0.1) is 12.7 Å². The molecular weight excluding hydrogens is 363 g/mol. The molecule has 11 heteroatoms. The summed E-state index contributed by atoms with van der Waals surface area (Å²) < 4.78 is 43.2. The van der Waals surface area contributed by atoms with Crippen molar-refractivity contribution in [1.29, 1.82) is 0 Å². The van der Waals surface area contributed by atoms with Gasteiger partial charge in [0, 0.05) is 42.2 Å². The highest BCUT2D eigenvalue weighted by atomic mass is 19.3. The molecule has 2 N–H and O–H groups in total. The van der Waals surface area contributed by atoms with Gasteiger partial charge in [-0.05, 0) is 13.0 Å². The third kappa shape index (κ3) is 3.67. The summed E-state index contributed by atoms with van der Waals surface area (Å²) in [5.74, 6) is -1.04. The molecule has 3 aromatic heterocycles. The molecule has 0 bridgehead atoms. The Bertz CT molecular complexity index is 1050. The fraction of sp³-hybridized carbons (Fsp3) is 0.250. The van der Waals surface area contributed by atoms with Crippen LogP contribution in [0.15, 0.2) is 47.4 Å². The Hall–Kier alpha value is -3.21. The second kappa shape index (κ2) is 7.58. The van der Waals surface area contributed by atoms with Crippen molar-refractivity contribution in [1.82, 2.24) is 29.1 Å². The molecule has 8 nitrogen and oxygen atoms in total. The van der Waals surface area contributed by atoms with E-state index in [-0.39, 0.29) is 5.82 Å². The Labute approximate surface area is 151 Å². The van der Waals surface area contributed by atoms with Gasteiger partial charge >= 0.3 is 5.69 Å². The largest absolute Gasteiger partial charge is 0.351 e. The molecule has 0 spiro atoms. The van der Waals surface area contributed by atoms with E-state index in [0.717, 1.165) is 15.6 Å². The van der Waals surface area contributed by atoms with Crippen LogP contribution in [0.4, 0.5) is 13.2 Å². The van der Waals surface area contributed by atoms with E-state index in [1.165, 1.54) is 12.3 Å². The van der Waals surface area contributed by atoms with Crippen LogP contribution in [0, 0.1) is 5.82 Å². The van der Waals surface area contributed by atoms with Gasteiger partial charge in [-0.2, -0.15) is 19.0 Å². The molecule has 0 radical (unpaired) electrons. The number of pyridine rings is 1. The maximum atomic E-state index is 14.5. The monoisotopic (exact) mass is 379 g/mol. The average Bonchev–Trinajstić information content (AvgIpc) is 3.26. The maximum absolute atomic E-state index is 14.5. The second-order valence-corrected chi connectivity index (χ2v) is 5.62. The van der Waals surface area contributed by atoms with Gasteiger partial charge in [0.1, 0.15) is 6.33 Å². The number of nitrogens with two attached hydrogens (primary N) is 1. The predicted octanol–water partition coefficient (Wildman–Crippen LogP) is 1.56. The molecule has 0 unspecified atom stereocenters. The Morgan fingerprint density at radius 3 is 2.59 bits per heavy atom. The summed E-state index contributed by atoms with van der Waals surface area (Å²) in [4.78, 5) is 16.3. The van der Waals surface area contributed by atoms with E-state index >= 15 is 0 Å². The van der Waals surface area contributed by atoms with Gasteiger partial charge in [-0.25, -0.2) is 23.4 Å². The van der Waals surface area contributed by atoms with Crippen molar-refractivity contribution in [2.45, 2.75) is 20.0 Å². The predicted molar refractivity (Wildman–Crippen MR) is 90.8 cm³/mol. The molecular formula is C16H16F3N7O.